The predicted molar refractivity (Wildman–Crippen MR) is 124 cm³/mol. The zero-order valence-corrected chi connectivity index (χ0v) is 19.0. The van der Waals surface area contributed by atoms with Crippen molar-refractivity contribution in [3.63, 3.8) is 0 Å². The number of aryl methyl sites for hydroxylation is 2. The number of nitrogens with zero attached hydrogens (tertiary/aromatic N) is 2. The minimum atomic E-state index is -0.271. The van der Waals surface area contributed by atoms with Crippen molar-refractivity contribution in [2.24, 2.45) is 0 Å². The normalized spacial score (nSPS) is 11.8. The zero-order valence-electron chi connectivity index (χ0n) is 18.2. The maximum absolute atomic E-state index is 12.9. The first-order chi connectivity index (χ1) is 14.8. The fourth-order valence-corrected chi connectivity index (χ4v) is 4.15. The van der Waals surface area contributed by atoms with Crippen molar-refractivity contribution in [1.29, 1.82) is 0 Å². The highest BCUT2D eigenvalue weighted by molar-refractivity contribution is 7.19. The molecule has 162 valence electrons. The summed E-state index contributed by atoms with van der Waals surface area (Å²) in [4.78, 5) is 32.2. The largest absolute Gasteiger partial charge is 0.394 e. The molecule has 2 amide bonds. The zero-order chi connectivity index (χ0) is 22.5. The minimum Gasteiger partial charge on any atom is -0.394 e. The van der Waals surface area contributed by atoms with E-state index in [1.807, 2.05) is 62.4 Å². The molecule has 0 aliphatic rings. The molecule has 31 heavy (non-hydrogen) atoms. The summed E-state index contributed by atoms with van der Waals surface area (Å²) in [5.41, 5.74) is 4.06. The second-order valence-electron chi connectivity index (χ2n) is 7.62. The van der Waals surface area contributed by atoms with Crippen molar-refractivity contribution in [3.05, 3.63) is 70.9 Å². The van der Waals surface area contributed by atoms with E-state index in [0.717, 1.165) is 27.3 Å². The van der Waals surface area contributed by atoms with E-state index in [4.69, 9.17) is 0 Å². The Morgan fingerprint density at radius 3 is 2.55 bits per heavy atom. The molecule has 3 aromatic rings. The van der Waals surface area contributed by atoms with Crippen molar-refractivity contribution in [1.82, 2.24) is 9.88 Å². The maximum Gasteiger partial charge on any atom is 0.254 e. The molecule has 1 atom stereocenters. The van der Waals surface area contributed by atoms with Crippen LogP contribution in [0.3, 0.4) is 0 Å². The number of carbonyl (C=O) groups is 2. The van der Waals surface area contributed by atoms with Gasteiger partial charge >= 0.3 is 0 Å². The highest BCUT2D eigenvalue weighted by atomic mass is 32.1. The first kappa shape index (κ1) is 22.7. The molecule has 0 fully saturated rings. The molecule has 0 saturated carbocycles. The molecule has 0 aliphatic carbocycles. The molecule has 1 unspecified atom stereocenters. The van der Waals surface area contributed by atoms with Crippen LogP contribution in [-0.2, 0) is 11.2 Å². The summed E-state index contributed by atoms with van der Waals surface area (Å²) >= 11 is 1.39. The molecule has 1 heterocycles. The van der Waals surface area contributed by atoms with Crippen LogP contribution in [-0.4, -0.2) is 46.5 Å². The van der Waals surface area contributed by atoms with Crippen LogP contribution >= 0.6 is 11.3 Å². The minimum absolute atomic E-state index is 0.0963. The number of nitrogens with one attached hydrogen (secondary N) is 1. The second-order valence-corrected chi connectivity index (χ2v) is 8.62. The molecule has 2 N–H and O–H groups in total. The fraction of sp³-hybridized carbons (Fsp3) is 0.292. The van der Waals surface area contributed by atoms with E-state index in [0.29, 0.717) is 10.7 Å². The van der Waals surface area contributed by atoms with Gasteiger partial charge in [-0.05, 0) is 43.5 Å². The summed E-state index contributed by atoms with van der Waals surface area (Å²) in [6.45, 7) is 5.49. The molecular weight excluding hydrogens is 410 g/mol. The lowest BCUT2D eigenvalue weighted by Gasteiger charge is -2.24. The molecule has 1 aromatic heterocycles. The number of aliphatic hydroxyl groups excluding tert-OH is 1. The monoisotopic (exact) mass is 437 g/mol. The summed E-state index contributed by atoms with van der Waals surface area (Å²) in [7, 11) is 1.69. The van der Waals surface area contributed by atoms with Gasteiger partial charge in [0.25, 0.3) is 5.91 Å². The molecule has 7 heteroatoms. The number of carbonyl (C=O) groups excluding carboxylic acids is 2. The lowest BCUT2D eigenvalue weighted by molar-refractivity contribution is -0.115. The third kappa shape index (κ3) is 5.37. The molecule has 0 spiro atoms. The fourth-order valence-electron chi connectivity index (χ4n) is 3.17. The van der Waals surface area contributed by atoms with E-state index in [9.17, 15) is 14.7 Å². The topological polar surface area (TPSA) is 82.5 Å². The van der Waals surface area contributed by atoms with Crippen LogP contribution in [0.5, 0.6) is 0 Å². The predicted octanol–water partition coefficient (Wildman–Crippen LogP) is 4.06. The number of rotatable bonds is 7. The summed E-state index contributed by atoms with van der Waals surface area (Å²) in [6.07, 6.45) is 0.285. The van der Waals surface area contributed by atoms with Gasteiger partial charge in [0.15, 0.2) is 5.13 Å². The van der Waals surface area contributed by atoms with Crippen molar-refractivity contribution in [3.8, 4) is 10.4 Å². The van der Waals surface area contributed by atoms with Gasteiger partial charge < -0.3 is 15.3 Å². The standard InChI is InChI=1S/C24H27N3O3S/c1-15-10-11-19(13-20(15)23(30)27(4)16(2)14-28)22-17(3)25-24(31-22)26-21(29)12-18-8-6-5-7-9-18/h5-11,13,16,28H,12,14H2,1-4H3,(H,25,26,29). The quantitative estimate of drug-likeness (QED) is 0.584. The number of aromatic nitrogens is 1. The highest BCUT2D eigenvalue weighted by Crippen LogP contribution is 2.34. The molecule has 0 saturated heterocycles. The molecule has 0 aliphatic heterocycles. The lowest BCUT2D eigenvalue weighted by atomic mass is 10.0. The van der Waals surface area contributed by atoms with Crippen molar-refractivity contribution < 1.29 is 14.7 Å². The van der Waals surface area contributed by atoms with Crippen LogP contribution in [0.15, 0.2) is 48.5 Å². The average Bonchev–Trinajstić information content (AvgIpc) is 3.12. The third-order valence-corrected chi connectivity index (χ3v) is 6.35. The maximum atomic E-state index is 12.9. The molecular formula is C24H27N3O3S. The second kappa shape index (κ2) is 9.85. The molecule has 0 bridgehead atoms. The number of hydrogen-bond acceptors (Lipinski definition) is 5. The lowest BCUT2D eigenvalue weighted by Crippen LogP contribution is -2.37. The Bertz CT molecular complexity index is 1080. The van der Waals surface area contributed by atoms with Gasteiger partial charge in [-0.15, -0.1) is 0 Å². The van der Waals surface area contributed by atoms with Crippen molar-refractivity contribution in [2.45, 2.75) is 33.2 Å². The SMILES string of the molecule is Cc1ccc(-c2sc(NC(=O)Cc3ccccc3)nc2C)cc1C(=O)N(C)C(C)CO. The Morgan fingerprint density at radius 1 is 1.16 bits per heavy atom. The van der Waals surface area contributed by atoms with E-state index in [-0.39, 0.29) is 30.9 Å². The van der Waals surface area contributed by atoms with Gasteiger partial charge in [0.2, 0.25) is 5.91 Å². The number of anilines is 1. The van der Waals surface area contributed by atoms with E-state index < -0.39 is 0 Å². The van der Waals surface area contributed by atoms with Crippen LogP contribution < -0.4 is 5.32 Å². The highest BCUT2D eigenvalue weighted by Gasteiger charge is 2.20. The van der Waals surface area contributed by atoms with Gasteiger partial charge in [-0.25, -0.2) is 4.98 Å². The van der Waals surface area contributed by atoms with Crippen LogP contribution in [0.25, 0.3) is 10.4 Å². The van der Waals surface area contributed by atoms with Gasteiger partial charge in [-0.1, -0.05) is 53.8 Å². The van der Waals surface area contributed by atoms with Gasteiger partial charge in [0.1, 0.15) is 0 Å². The Kier molecular flexibility index (Phi) is 7.20. The number of aliphatic hydroxyl groups is 1. The Balaban J connectivity index is 1.81. The average molecular weight is 438 g/mol. The molecule has 0 radical (unpaired) electrons. The first-order valence-electron chi connectivity index (χ1n) is 10.1. The van der Waals surface area contributed by atoms with Crippen LogP contribution in [0.4, 0.5) is 5.13 Å². The van der Waals surface area contributed by atoms with E-state index >= 15 is 0 Å². The number of hydrogen-bond donors (Lipinski definition) is 2. The number of thiazole rings is 1. The van der Waals surface area contributed by atoms with E-state index in [1.165, 1.54) is 11.3 Å². The van der Waals surface area contributed by atoms with Crippen LogP contribution in [0.2, 0.25) is 0 Å². The van der Waals surface area contributed by atoms with Crippen molar-refractivity contribution in [2.75, 3.05) is 19.0 Å². The Labute approximate surface area is 186 Å². The van der Waals surface area contributed by atoms with E-state index in [2.05, 4.69) is 10.3 Å². The molecule has 3 rings (SSSR count). The van der Waals surface area contributed by atoms with Gasteiger partial charge in [0.05, 0.1) is 29.6 Å². The van der Waals surface area contributed by atoms with Crippen LogP contribution in [0, 0.1) is 13.8 Å². The summed E-state index contributed by atoms with van der Waals surface area (Å²) in [5.74, 6) is -0.259. The molecule has 2 aromatic carbocycles. The number of amides is 2. The number of likely N-dealkylation sites (N-methyl/N-ethyl adjacent to an activating group) is 1. The summed E-state index contributed by atoms with van der Waals surface area (Å²) in [6, 6.07) is 15.0. The Morgan fingerprint density at radius 2 is 1.87 bits per heavy atom. The van der Waals surface area contributed by atoms with Gasteiger partial charge in [0, 0.05) is 12.6 Å². The van der Waals surface area contributed by atoms with Crippen LogP contribution in [0.1, 0.15) is 34.1 Å². The van der Waals surface area contributed by atoms with Crippen molar-refractivity contribution >= 4 is 28.3 Å². The summed E-state index contributed by atoms with van der Waals surface area (Å²) < 4.78 is 0. The Hall–Kier alpha value is -3.03. The molecule has 6 nitrogen and oxygen atoms in total. The third-order valence-electron chi connectivity index (χ3n) is 5.23. The van der Waals surface area contributed by atoms with Gasteiger partial charge in [-0.3, -0.25) is 9.59 Å². The van der Waals surface area contributed by atoms with Gasteiger partial charge in [-0.2, -0.15) is 0 Å². The van der Waals surface area contributed by atoms with E-state index in [1.54, 1.807) is 18.9 Å². The summed E-state index contributed by atoms with van der Waals surface area (Å²) in [5, 5.41) is 12.8. The smallest absolute Gasteiger partial charge is 0.254 e. The number of benzene rings is 2. The first-order valence-corrected chi connectivity index (χ1v) is 10.9.